The van der Waals surface area contributed by atoms with Gasteiger partial charge in [0.2, 0.25) is 17.7 Å². The van der Waals surface area contributed by atoms with Crippen LogP contribution in [0.5, 0.6) is 0 Å². The smallest absolute Gasteiger partial charge is 0.326 e. The molecule has 250 valence electrons. The molecule has 1 atom stereocenters. The van der Waals surface area contributed by atoms with Crippen LogP contribution in [0.25, 0.3) is 0 Å². The molecule has 5 N–H and O–H groups in total. The summed E-state index contributed by atoms with van der Waals surface area (Å²) < 4.78 is 10.5. The van der Waals surface area contributed by atoms with Gasteiger partial charge in [-0.1, -0.05) is 77.0 Å². The molecular weight excluding hydrogens is 558 g/mol. The molecule has 0 fully saturated rings. The lowest BCUT2D eigenvalue weighted by Crippen LogP contribution is -2.41. The van der Waals surface area contributed by atoms with Gasteiger partial charge in [0.1, 0.15) is 12.6 Å². The van der Waals surface area contributed by atoms with Crippen LogP contribution in [-0.4, -0.2) is 85.4 Å². The van der Waals surface area contributed by atoms with Crippen molar-refractivity contribution in [3.8, 4) is 0 Å². The van der Waals surface area contributed by atoms with Crippen LogP contribution < -0.4 is 16.0 Å². The van der Waals surface area contributed by atoms with E-state index in [2.05, 4.69) is 16.0 Å². The highest BCUT2D eigenvalue weighted by molar-refractivity contribution is 5.84. The summed E-state index contributed by atoms with van der Waals surface area (Å²) in [7, 11) is 0. The number of ether oxygens (including phenoxy) is 2. The summed E-state index contributed by atoms with van der Waals surface area (Å²) >= 11 is 0. The average Bonchev–Trinajstić information content (AvgIpc) is 2.96. The molecule has 0 aromatic carbocycles. The van der Waals surface area contributed by atoms with Crippen molar-refractivity contribution >= 4 is 29.7 Å². The third-order valence-electron chi connectivity index (χ3n) is 6.89. The first-order chi connectivity index (χ1) is 20.8. The zero-order valence-corrected chi connectivity index (χ0v) is 26.3. The molecule has 0 aliphatic heterocycles. The molecule has 0 saturated carbocycles. The van der Waals surface area contributed by atoms with Gasteiger partial charge in [-0.3, -0.25) is 19.2 Å². The standard InChI is InChI=1S/C31H57N3O9/c1-2-32-29(37)25-43-24-23-42-22-21-33-27(35)20-19-26(31(40)41)34-28(36)17-15-13-11-9-7-5-3-4-6-8-10-12-14-16-18-30(38)39/h26H,2-25H2,1H3,(H,32,37)(H,33,35)(H,34,36)(H,38,39)(H,40,41)/t26-/m0/s1. The number of rotatable bonds is 31. The van der Waals surface area contributed by atoms with E-state index in [1.165, 1.54) is 44.9 Å². The maximum absolute atomic E-state index is 12.2. The molecule has 3 amide bonds. The molecular formula is C31H57N3O9. The van der Waals surface area contributed by atoms with Gasteiger partial charge in [-0.15, -0.1) is 0 Å². The highest BCUT2D eigenvalue weighted by Gasteiger charge is 2.20. The van der Waals surface area contributed by atoms with E-state index in [0.717, 1.165) is 38.5 Å². The summed E-state index contributed by atoms with van der Waals surface area (Å²) in [5, 5.41) is 25.8. The van der Waals surface area contributed by atoms with Crippen LogP contribution in [-0.2, 0) is 33.4 Å². The summed E-state index contributed by atoms with van der Waals surface area (Å²) in [5.41, 5.74) is 0. The van der Waals surface area contributed by atoms with Crippen LogP contribution in [0.4, 0.5) is 0 Å². The van der Waals surface area contributed by atoms with Gasteiger partial charge in [-0.2, -0.15) is 0 Å². The number of nitrogens with one attached hydrogen (secondary N) is 3. The molecule has 12 heteroatoms. The molecule has 0 aliphatic rings. The predicted octanol–water partition coefficient (Wildman–Crippen LogP) is 3.95. The number of hydrogen-bond acceptors (Lipinski definition) is 7. The lowest BCUT2D eigenvalue weighted by molar-refractivity contribution is -0.142. The number of aliphatic carboxylic acids is 2. The van der Waals surface area contributed by atoms with Crippen molar-refractivity contribution < 1.29 is 43.7 Å². The normalized spacial score (nSPS) is 11.6. The van der Waals surface area contributed by atoms with Gasteiger partial charge in [0, 0.05) is 32.4 Å². The van der Waals surface area contributed by atoms with Crippen molar-refractivity contribution in [2.75, 3.05) is 39.5 Å². The zero-order chi connectivity index (χ0) is 32.0. The van der Waals surface area contributed by atoms with E-state index in [0.29, 0.717) is 13.0 Å². The predicted molar refractivity (Wildman–Crippen MR) is 164 cm³/mol. The number of unbranched alkanes of at least 4 members (excludes halogenated alkanes) is 13. The van der Waals surface area contributed by atoms with Crippen molar-refractivity contribution in [2.24, 2.45) is 0 Å². The average molecular weight is 616 g/mol. The molecule has 0 aliphatic carbocycles. The fraction of sp³-hybridized carbons (Fsp3) is 0.839. The molecule has 0 aromatic heterocycles. The number of likely N-dealkylation sites (N-methyl/N-ethyl adjacent to an activating group) is 1. The second-order valence-corrected chi connectivity index (χ2v) is 10.8. The number of hydrogen-bond donors (Lipinski definition) is 5. The van der Waals surface area contributed by atoms with Crippen LogP contribution in [0.1, 0.15) is 122 Å². The summed E-state index contributed by atoms with van der Waals surface area (Å²) in [6.07, 6.45) is 15.8. The van der Waals surface area contributed by atoms with Crippen molar-refractivity contribution in [3.05, 3.63) is 0 Å². The highest BCUT2D eigenvalue weighted by atomic mass is 16.5. The molecule has 0 radical (unpaired) electrons. The first-order valence-electron chi connectivity index (χ1n) is 16.2. The molecule has 0 spiro atoms. The Morgan fingerprint density at radius 1 is 0.581 bits per heavy atom. The Hall–Kier alpha value is -2.73. The number of carboxylic acid groups (broad SMARTS) is 2. The van der Waals surface area contributed by atoms with Gasteiger partial charge < -0.3 is 35.6 Å². The summed E-state index contributed by atoms with van der Waals surface area (Å²) in [4.78, 5) is 57.4. The first-order valence-corrected chi connectivity index (χ1v) is 16.2. The van der Waals surface area contributed by atoms with E-state index in [4.69, 9.17) is 14.6 Å². The topological polar surface area (TPSA) is 180 Å². The summed E-state index contributed by atoms with van der Waals surface area (Å²) in [6, 6.07) is -1.10. The number of carbonyl (C=O) groups is 5. The largest absolute Gasteiger partial charge is 0.481 e. The Balaban J connectivity index is 3.67. The molecule has 43 heavy (non-hydrogen) atoms. The third-order valence-corrected chi connectivity index (χ3v) is 6.89. The van der Waals surface area contributed by atoms with Crippen LogP contribution in [0.15, 0.2) is 0 Å². The molecule has 0 rings (SSSR count). The minimum absolute atomic E-state index is 0.00816. The fourth-order valence-corrected chi connectivity index (χ4v) is 4.47. The first kappa shape index (κ1) is 40.3. The van der Waals surface area contributed by atoms with E-state index >= 15 is 0 Å². The maximum Gasteiger partial charge on any atom is 0.326 e. The number of carbonyl (C=O) groups excluding carboxylic acids is 3. The second-order valence-electron chi connectivity index (χ2n) is 10.8. The van der Waals surface area contributed by atoms with Gasteiger partial charge in [0.25, 0.3) is 0 Å². The van der Waals surface area contributed by atoms with Crippen molar-refractivity contribution in [3.63, 3.8) is 0 Å². The Kier molecular flexibility index (Phi) is 27.5. The van der Waals surface area contributed by atoms with E-state index in [-0.39, 0.29) is 76.4 Å². The SMILES string of the molecule is CCNC(=O)COCCOCCNC(=O)CC[C@H](NC(=O)CCCCCCCCCCCCCCCCC(=O)O)C(=O)O. The van der Waals surface area contributed by atoms with Crippen LogP contribution in [0.3, 0.4) is 0 Å². The molecule has 12 nitrogen and oxygen atoms in total. The van der Waals surface area contributed by atoms with Crippen LogP contribution >= 0.6 is 0 Å². The van der Waals surface area contributed by atoms with Crippen molar-refractivity contribution in [2.45, 2.75) is 129 Å². The summed E-state index contributed by atoms with van der Waals surface area (Å²) in [6.45, 7) is 3.40. The lowest BCUT2D eigenvalue weighted by Gasteiger charge is -2.14. The zero-order valence-electron chi connectivity index (χ0n) is 26.3. The lowest BCUT2D eigenvalue weighted by atomic mass is 10.0. The van der Waals surface area contributed by atoms with Gasteiger partial charge in [-0.05, 0) is 26.2 Å². The molecule has 0 bridgehead atoms. The Labute approximate surface area is 257 Å². The summed E-state index contributed by atoms with van der Waals surface area (Å²) in [5.74, 6) is -2.68. The van der Waals surface area contributed by atoms with Crippen LogP contribution in [0.2, 0.25) is 0 Å². The van der Waals surface area contributed by atoms with E-state index in [1.807, 2.05) is 6.92 Å². The molecule has 0 aromatic rings. The molecule has 0 unspecified atom stereocenters. The second kappa shape index (κ2) is 29.3. The van der Waals surface area contributed by atoms with Crippen LogP contribution in [0, 0.1) is 0 Å². The fourth-order valence-electron chi connectivity index (χ4n) is 4.47. The quantitative estimate of drug-likeness (QED) is 0.0722. The monoisotopic (exact) mass is 615 g/mol. The Bertz CT molecular complexity index is 765. The molecule has 0 saturated heterocycles. The third kappa shape index (κ3) is 29.1. The minimum Gasteiger partial charge on any atom is -0.481 e. The van der Waals surface area contributed by atoms with E-state index < -0.39 is 18.0 Å². The number of carboxylic acids is 2. The Morgan fingerprint density at radius 3 is 1.60 bits per heavy atom. The van der Waals surface area contributed by atoms with Gasteiger partial charge >= 0.3 is 11.9 Å². The Morgan fingerprint density at radius 2 is 1.09 bits per heavy atom. The van der Waals surface area contributed by atoms with E-state index in [1.54, 1.807) is 0 Å². The maximum atomic E-state index is 12.2. The van der Waals surface area contributed by atoms with Gasteiger partial charge in [0.15, 0.2) is 0 Å². The molecule has 0 heterocycles. The van der Waals surface area contributed by atoms with Gasteiger partial charge in [0.05, 0.1) is 19.8 Å². The highest BCUT2D eigenvalue weighted by Crippen LogP contribution is 2.14. The van der Waals surface area contributed by atoms with Crippen molar-refractivity contribution in [1.82, 2.24) is 16.0 Å². The van der Waals surface area contributed by atoms with Crippen molar-refractivity contribution in [1.29, 1.82) is 0 Å². The van der Waals surface area contributed by atoms with E-state index in [9.17, 15) is 29.1 Å². The minimum atomic E-state index is -1.16. The number of amides is 3. The van der Waals surface area contributed by atoms with Gasteiger partial charge in [-0.25, -0.2) is 4.79 Å².